The molecule has 1 aromatic carbocycles. The highest BCUT2D eigenvalue weighted by molar-refractivity contribution is 7.86. The summed E-state index contributed by atoms with van der Waals surface area (Å²) in [4.78, 5) is 25.0. The molecular weight excluding hydrogens is 331 g/mol. The molecule has 1 fully saturated rings. The maximum Gasteiger partial charge on any atom is 0.407 e. The van der Waals surface area contributed by atoms with E-state index in [0.717, 1.165) is 17.2 Å². The molecule has 0 aliphatic carbocycles. The minimum atomic E-state index is -3.74. The molecule has 23 heavy (non-hydrogen) atoms. The topological polar surface area (TPSA) is 104 Å². The van der Waals surface area contributed by atoms with Crippen LogP contribution in [0.3, 0.4) is 0 Å². The van der Waals surface area contributed by atoms with Crippen molar-refractivity contribution >= 4 is 22.1 Å². The third-order valence-electron chi connectivity index (χ3n) is 3.22. The first-order chi connectivity index (χ1) is 10.7. The Morgan fingerprint density at radius 2 is 2.09 bits per heavy atom. The van der Waals surface area contributed by atoms with Gasteiger partial charge in [-0.25, -0.2) is 9.18 Å². The van der Waals surface area contributed by atoms with Crippen molar-refractivity contribution in [1.82, 2.24) is 9.80 Å². The normalized spacial score (nSPS) is 15.7. The van der Waals surface area contributed by atoms with Crippen LogP contribution in [0.5, 0.6) is 5.75 Å². The Kier molecular flexibility index (Phi) is 4.73. The summed E-state index contributed by atoms with van der Waals surface area (Å²) in [7, 11) is -3.74. The minimum absolute atomic E-state index is 0.0551. The first-order valence-electron chi connectivity index (χ1n) is 6.59. The van der Waals surface area contributed by atoms with Gasteiger partial charge in [-0.3, -0.25) is 9.69 Å². The van der Waals surface area contributed by atoms with E-state index in [1.165, 1.54) is 17.0 Å². The lowest BCUT2D eigenvalue weighted by Crippen LogP contribution is -2.51. The van der Waals surface area contributed by atoms with E-state index in [1.54, 1.807) is 0 Å². The number of piperazine rings is 1. The first-order valence-corrected chi connectivity index (χ1v) is 8.41. The highest BCUT2D eigenvalue weighted by Crippen LogP contribution is 2.20. The van der Waals surface area contributed by atoms with Crippen molar-refractivity contribution in [3.63, 3.8) is 0 Å². The summed E-state index contributed by atoms with van der Waals surface area (Å²) in [5, 5.41) is 8.84. The molecule has 1 heterocycles. The maximum atomic E-state index is 13.8. The van der Waals surface area contributed by atoms with E-state index in [1.807, 2.05) is 0 Å². The number of carboxylic acid groups (broad SMARTS) is 1. The average molecular weight is 346 g/mol. The van der Waals surface area contributed by atoms with Crippen LogP contribution in [0.2, 0.25) is 0 Å². The fraction of sp³-hybridized carbons (Fsp3) is 0.385. The van der Waals surface area contributed by atoms with Crippen LogP contribution in [0, 0.1) is 5.82 Å². The second-order valence-electron chi connectivity index (χ2n) is 5.06. The number of hydrogen-bond acceptors (Lipinski definition) is 5. The number of hydrogen-bond donors (Lipinski definition) is 1. The molecule has 2 amide bonds. The van der Waals surface area contributed by atoms with E-state index in [9.17, 15) is 22.4 Å². The van der Waals surface area contributed by atoms with E-state index in [4.69, 9.17) is 5.11 Å². The third-order valence-corrected chi connectivity index (χ3v) is 3.71. The molecule has 1 saturated heterocycles. The zero-order chi connectivity index (χ0) is 17.2. The second kappa shape index (κ2) is 6.41. The van der Waals surface area contributed by atoms with Gasteiger partial charge in [0.25, 0.3) is 0 Å². The predicted molar refractivity (Wildman–Crippen MR) is 76.9 cm³/mol. The van der Waals surface area contributed by atoms with Gasteiger partial charge in [-0.05, 0) is 18.2 Å². The van der Waals surface area contributed by atoms with Gasteiger partial charge in [-0.2, -0.15) is 8.42 Å². The quantitative estimate of drug-likeness (QED) is 0.796. The van der Waals surface area contributed by atoms with Gasteiger partial charge in [0.1, 0.15) is 18.1 Å². The van der Waals surface area contributed by atoms with Crippen molar-refractivity contribution in [3.8, 4) is 5.75 Å². The standard InChI is InChI=1S/C13H15FN2O6S/c1-23(20,21)22-10-2-3-11(14)9(6-10)7-15-4-5-16(13(18)19)8-12(15)17/h2-3,6H,4-5,7-8H2,1H3,(H,18,19). The molecule has 8 nitrogen and oxygen atoms in total. The lowest BCUT2D eigenvalue weighted by atomic mass is 10.1. The summed E-state index contributed by atoms with van der Waals surface area (Å²) in [5.74, 6) is -1.12. The van der Waals surface area contributed by atoms with Crippen LogP contribution in [0.1, 0.15) is 5.56 Å². The Hall–Kier alpha value is -2.36. The van der Waals surface area contributed by atoms with Crippen LogP contribution in [0.15, 0.2) is 18.2 Å². The van der Waals surface area contributed by atoms with Gasteiger partial charge in [0.2, 0.25) is 5.91 Å². The van der Waals surface area contributed by atoms with E-state index in [2.05, 4.69) is 4.18 Å². The van der Waals surface area contributed by atoms with Gasteiger partial charge in [0.05, 0.1) is 6.26 Å². The SMILES string of the molecule is CS(=O)(=O)Oc1ccc(F)c(CN2CCN(C(=O)O)CC2=O)c1. The number of rotatable bonds is 4. The monoisotopic (exact) mass is 346 g/mol. The number of benzene rings is 1. The molecule has 126 valence electrons. The molecule has 1 aliphatic heterocycles. The Bertz CT molecular complexity index is 736. The van der Waals surface area contributed by atoms with Crippen LogP contribution in [0.4, 0.5) is 9.18 Å². The molecule has 0 atom stereocenters. The van der Waals surface area contributed by atoms with Crippen molar-refractivity contribution in [2.24, 2.45) is 0 Å². The summed E-state index contributed by atoms with van der Waals surface area (Å²) in [6.07, 6.45) is -0.322. The maximum absolute atomic E-state index is 13.8. The van der Waals surface area contributed by atoms with E-state index >= 15 is 0 Å². The number of nitrogens with zero attached hydrogens (tertiary/aromatic N) is 2. The largest absolute Gasteiger partial charge is 0.465 e. The minimum Gasteiger partial charge on any atom is -0.465 e. The van der Waals surface area contributed by atoms with Crippen LogP contribution < -0.4 is 4.18 Å². The van der Waals surface area contributed by atoms with Gasteiger partial charge >= 0.3 is 16.2 Å². The fourth-order valence-electron chi connectivity index (χ4n) is 2.14. The summed E-state index contributed by atoms with van der Waals surface area (Å²) in [6.45, 7) is -0.139. The van der Waals surface area contributed by atoms with E-state index < -0.39 is 27.9 Å². The fourth-order valence-corrected chi connectivity index (χ4v) is 2.60. The number of halogens is 1. The van der Waals surface area contributed by atoms with Gasteiger partial charge in [0, 0.05) is 25.2 Å². The van der Waals surface area contributed by atoms with Crippen molar-refractivity contribution < 1.29 is 31.7 Å². The van der Waals surface area contributed by atoms with Crippen molar-refractivity contribution in [1.29, 1.82) is 0 Å². The zero-order valence-electron chi connectivity index (χ0n) is 12.2. The van der Waals surface area contributed by atoms with Gasteiger partial charge in [-0.1, -0.05) is 0 Å². The molecule has 10 heteroatoms. The molecular formula is C13H15FN2O6S. The summed E-state index contributed by atoms with van der Waals surface area (Å²) in [5.41, 5.74) is 0.0864. The van der Waals surface area contributed by atoms with Gasteiger partial charge in [0.15, 0.2) is 0 Å². The Morgan fingerprint density at radius 3 is 2.65 bits per heavy atom. The van der Waals surface area contributed by atoms with Crippen LogP contribution in [-0.2, 0) is 21.5 Å². The van der Waals surface area contributed by atoms with Gasteiger partial charge in [-0.15, -0.1) is 0 Å². The lowest BCUT2D eigenvalue weighted by molar-refractivity contribution is -0.135. The van der Waals surface area contributed by atoms with Crippen molar-refractivity contribution in [3.05, 3.63) is 29.6 Å². The molecule has 0 spiro atoms. The number of carbonyl (C=O) groups is 2. The van der Waals surface area contributed by atoms with E-state index in [-0.39, 0.29) is 37.5 Å². The summed E-state index contributed by atoms with van der Waals surface area (Å²) >= 11 is 0. The molecule has 1 aliphatic rings. The molecule has 0 bridgehead atoms. The Morgan fingerprint density at radius 1 is 1.39 bits per heavy atom. The first kappa shape index (κ1) is 17.0. The smallest absolute Gasteiger partial charge is 0.407 e. The van der Waals surface area contributed by atoms with Crippen LogP contribution in [0.25, 0.3) is 0 Å². The van der Waals surface area contributed by atoms with Crippen molar-refractivity contribution in [2.45, 2.75) is 6.54 Å². The molecule has 1 aromatic rings. The zero-order valence-corrected chi connectivity index (χ0v) is 13.0. The molecule has 1 N–H and O–H groups in total. The number of carbonyl (C=O) groups excluding carboxylic acids is 1. The van der Waals surface area contributed by atoms with E-state index in [0.29, 0.717) is 0 Å². The van der Waals surface area contributed by atoms with Gasteiger partial charge < -0.3 is 14.2 Å². The third kappa shape index (κ3) is 4.55. The Balaban J connectivity index is 2.12. The molecule has 0 saturated carbocycles. The molecule has 0 unspecified atom stereocenters. The van der Waals surface area contributed by atoms with Crippen molar-refractivity contribution in [2.75, 3.05) is 25.9 Å². The summed E-state index contributed by atoms with van der Waals surface area (Å²) in [6, 6.07) is 3.42. The highest BCUT2D eigenvalue weighted by Gasteiger charge is 2.27. The Labute approximate surface area is 132 Å². The second-order valence-corrected chi connectivity index (χ2v) is 6.64. The number of amides is 2. The predicted octanol–water partition coefficient (Wildman–Crippen LogP) is 0.486. The molecule has 0 aromatic heterocycles. The van der Waals surface area contributed by atoms with Crippen LogP contribution >= 0.6 is 0 Å². The summed E-state index contributed by atoms with van der Waals surface area (Å²) < 4.78 is 40.7. The lowest BCUT2D eigenvalue weighted by Gasteiger charge is -2.32. The molecule has 2 rings (SSSR count). The molecule has 0 radical (unpaired) electrons. The van der Waals surface area contributed by atoms with Crippen LogP contribution in [-0.4, -0.2) is 61.2 Å². The highest BCUT2D eigenvalue weighted by atomic mass is 32.2. The average Bonchev–Trinajstić information content (AvgIpc) is 2.42.